The van der Waals surface area contributed by atoms with E-state index in [1.807, 2.05) is 24.3 Å². The number of hydrogen-bond acceptors (Lipinski definition) is 2. The van der Waals surface area contributed by atoms with E-state index in [9.17, 15) is 5.11 Å². The Balaban J connectivity index is 2.30. The predicted molar refractivity (Wildman–Crippen MR) is 50.4 cm³/mol. The molecule has 2 rings (SSSR count). The van der Waals surface area contributed by atoms with Gasteiger partial charge in [0.25, 0.3) is 0 Å². The molecule has 0 aliphatic heterocycles. The van der Waals surface area contributed by atoms with Crippen LogP contribution in [0.2, 0.25) is 0 Å². The Hall–Kier alpha value is -0.860. The second-order valence-electron chi connectivity index (χ2n) is 3.80. The molecule has 1 aromatic rings. The second kappa shape index (κ2) is 3.13. The molecule has 0 heterocycles. The highest BCUT2D eigenvalue weighted by Gasteiger charge is 2.43. The molecule has 2 nitrogen and oxygen atoms in total. The van der Waals surface area contributed by atoms with Crippen LogP contribution >= 0.6 is 0 Å². The van der Waals surface area contributed by atoms with Gasteiger partial charge >= 0.3 is 0 Å². The van der Waals surface area contributed by atoms with Crippen LogP contribution in [0.1, 0.15) is 24.0 Å². The summed E-state index contributed by atoms with van der Waals surface area (Å²) in [5.41, 5.74) is 2.12. The smallest absolute Gasteiger partial charge is 0.0681 e. The summed E-state index contributed by atoms with van der Waals surface area (Å²) in [6.45, 7) is 0.303. The highest BCUT2D eigenvalue weighted by atomic mass is 16.3. The van der Waals surface area contributed by atoms with Crippen LogP contribution in [-0.4, -0.2) is 16.8 Å². The van der Waals surface area contributed by atoms with Gasteiger partial charge in [-0.05, 0) is 24.0 Å². The molecule has 0 bridgehead atoms. The second-order valence-corrected chi connectivity index (χ2v) is 3.80. The standard InChI is InChI=1S/C11H14O2/c12-7-9-2-1-3-10(6-9)11(8-13)4-5-11/h1-3,6,12-13H,4-5,7-8H2. The summed E-state index contributed by atoms with van der Waals surface area (Å²) in [4.78, 5) is 0. The minimum Gasteiger partial charge on any atom is -0.395 e. The van der Waals surface area contributed by atoms with E-state index in [1.165, 1.54) is 5.56 Å². The van der Waals surface area contributed by atoms with E-state index < -0.39 is 0 Å². The van der Waals surface area contributed by atoms with Crippen molar-refractivity contribution < 1.29 is 10.2 Å². The van der Waals surface area contributed by atoms with Crippen molar-refractivity contribution in [2.75, 3.05) is 6.61 Å². The number of hydrogen-bond donors (Lipinski definition) is 2. The van der Waals surface area contributed by atoms with Crippen LogP contribution in [0.5, 0.6) is 0 Å². The first kappa shape index (κ1) is 8.73. The van der Waals surface area contributed by atoms with Crippen molar-refractivity contribution in [3.05, 3.63) is 35.4 Å². The summed E-state index contributed by atoms with van der Waals surface area (Å²) in [6.07, 6.45) is 2.14. The Morgan fingerprint density at radius 1 is 1.23 bits per heavy atom. The van der Waals surface area contributed by atoms with Gasteiger partial charge in [-0.25, -0.2) is 0 Å². The molecule has 70 valence electrons. The van der Waals surface area contributed by atoms with Crippen LogP contribution in [0, 0.1) is 0 Å². The van der Waals surface area contributed by atoms with Gasteiger partial charge in [-0.3, -0.25) is 0 Å². The van der Waals surface area contributed by atoms with Crippen molar-refractivity contribution in [2.24, 2.45) is 0 Å². The van der Waals surface area contributed by atoms with Crippen LogP contribution in [0.15, 0.2) is 24.3 Å². The van der Waals surface area contributed by atoms with E-state index in [2.05, 4.69) is 0 Å². The third-order valence-electron chi connectivity index (χ3n) is 2.88. The number of rotatable bonds is 3. The fourth-order valence-corrected chi connectivity index (χ4v) is 1.69. The van der Waals surface area contributed by atoms with Crippen LogP contribution in [0.4, 0.5) is 0 Å². The maximum absolute atomic E-state index is 9.21. The average Bonchev–Trinajstić information content (AvgIpc) is 2.99. The lowest BCUT2D eigenvalue weighted by Crippen LogP contribution is -2.11. The van der Waals surface area contributed by atoms with Gasteiger partial charge in [0.1, 0.15) is 0 Å². The van der Waals surface area contributed by atoms with Crippen LogP contribution in [0.3, 0.4) is 0 Å². The lowest BCUT2D eigenvalue weighted by Gasteiger charge is -2.12. The Morgan fingerprint density at radius 2 is 2.00 bits per heavy atom. The summed E-state index contributed by atoms with van der Waals surface area (Å²) in [5, 5.41) is 18.2. The highest BCUT2D eigenvalue weighted by molar-refractivity contribution is 5.34. The number of aliphatic hydroxyl groups is 2. The zero-order valence-electron chi connectivity index (χ0n) is 7.53. The van der Waals surface area contributed by atoms with Crippen LogP contribution in [-0.2, 0) is 12.0 Å². The van der Waals surface area contributed by atoms with E-state index in [0.717, 1.165) is 18.4 Å². The Labute approximate surface area is 77.8 Å². The molecule has 0 aromatic heterocycles. The third-order valence-corrected chi connectivity index (χ3v) is 2.88. The Bertz CT molecular complexity index is 303. The molecule has 2 heteroatoms. The molecule has 0 saturated heterocycles. The number of benzene rings is 1. The van der Waals surface area contributed by atoms with Crippen molar-refractivity contribution in [3.8, 4) is 0 Å². The SMILES string of the molecule is OCc1cccc(C2(CO)CC2)c1. The average molecular weight is 178 g/mol. The van der Waals surface area contributed by atoms with Crippen molar-refractivity contribution in [1.29, 1.82) is 0 Å². The van der Waals surface area contributed by atoms with E-state index in [4.69, 9.17) is 5.11 Å². The van der Waals surface area contributed by atoms with Crippen molar-refractivity contribution >= 4 is 0 Å². The molecule has 1 aromatic carbocycles. The first-order valence-electron chi connectivity index (χ1n) is 4.62. The monoisotopic (exact) mass is 178 g/mol. The molecular formula is C11H14O2. The molecule has 0 spiro atoms. The molecule has 1 saturated carbocycles. The summed E-state index contributed by atoms with van der Waals surface area (Å²) in [6, 6.07) is 7.86. The largest absolute Gasteiger partial charge is 0.395 e. The first-order chi connectivity index (χ1) is 6.30. The van der Waals surface area contributed by atoms with E-state index in [0.29, 0.717) is 0 Å². The molecule has 1 aliphatic carbocycles. The highest BCUT2D eigenvalue weighted by Crippen LogP contribution is 2.47. The summed E-state index contributed by atoms with van der Waals surface area (Å²) in [7, 11) is 0. The minimum atomic E-state index is 0.0190. The number of aliphatic hydroxyl groups excluding tert-OH is 2. The van der Waals surface area contributed by atoms with Gasteiger partial charge in [-0.15, -0.1) is 0 Å². The predicted octanol–water partition coefficient (Wildman–Crippen LogP) is 1.20. The fourth-order valence-electron chi connectivity index (χ4n) is 1.69. The zero-order chi connectivity index (χ0) is 9.31. The Kier molecular flexibility index (Phi) is 2.10. The van der Waals surface area contributed by atoms with Gasteiger partial charge in [-0.2, -0.15) is 0 Å². The lowest BCUT2D eigenvalue weighted by atomic mass is 9.95. The van der Waals surface area contributed by atoms with Gasteiger partial charge in [0.05, 0.1) is 13.2 Å². The minimum absolute atomic E-state index is 0.0190. The maximum atomic E-state index is 9.21. The van der Waals surface area contributed by atoms with Gasteiger partial charge in [-0.1, -0.05) is 24.3 Å². The molecule has 1 fully saturated rings. The lowest BCUT2D eigenvalue weighted by molar-refractivity contribution is 0.254. The summed E-state index contributed by atoms with van der Waals surface area (Å²) < 4.78 is 0. The topological polar surface area (TPSA) is 40.5 Å². The summed E-state index contributed by atoms with van der Waals surface area (Å²) >= 11 is 0. The van der Waals surface area contributed by atoms with E-state index in [-0.39, 0.29) is 18.6 Å². The normalized spacial score (nSPS) is 18.6. The van der Waals surface area contributed by atoms with Crippen LogP contribution in [0.25, 0.3) is 0 Å². The van der Waals surface area contributed by atoms with Gasteiger partial charge in [0.2, 0.25) is 0 Å². The zero-order valence-corrected chi connectivity index (χ0v) is 7.53. The van der Waals surface area contributed by atoms with Crippen molar-refractivity contribution in [3.63, 3.8) is 0 Å². The Morgan fingerprint density at radius 3 is 2.54 bits per heavy atom. The fraction of sp³-hybridized carbons (Fsp3) is 0.455. The molecule has 0 atom stereocenters. The van der Waals surface area contributed by atoms with Gasteiger partial charge in [0.15, 0.2) is 0 Å². The van der Waals surface area contributed by atoms with Crippen molar-refractivity contribution in [1.82, 2.24) is 0 Å². The summed E-state index contributed by atoms with van der Waals surface area (Å²) in [5.74, 6) is 0. The van der Waals surface area contributed by atoms with Crippen molar-refractivity contribution in [2.45, 2.75) is 24.9 Å². The van der Waals surface area contributed by atoms with Gasteiger partial charge < -0.3 is 10.2 Å². The van der Waals surface area contributed by atoms with E-state index >= 15 is 0 Å². The molecule has 0 unspecified atom stereocenters. The molecular weight excluding hydrogens is 164 g/mol. The molecule has 2 N–H and O–H groups in total. The van der Waals surface area contributed by atoms with E-state index in [1.54, 1.807) is 0 Å². The molecule has 0 radical (unpaired) electrons. The molecule has 0 amide bonds. The maximum Gasteiger partial charge on any atom is 0.0681 e. The molecule has 1 aliphatic rings. The quantitative estimate of drug-likeness (QED) is 0.730. The van der Waals surface area contributed by atoms with Crippen LogP contribution < -0.4 is 0 Å². The third kappa shape index (κ3) is 1.47. The van der Waals surface area contributed by atoms with Gasteiger partial charge in [0, 0.05) is 5.41 Å². The molecule has 13 heavy (non-hydrogen) atoms. The first-order valence-corrected chi connectivity index (χ1v) is 4.62.